The molecule has 1 rings (SSSR count). The van der Waals surface area contributed by atoms with Crippen LogP contribution in [-0.2, 0) is 19.2 Å². The molecule has 11 heavy (non-hydrogen) atoms. The van der Waals surface area contributed by atoms with Gasteiger partial charge in [-0.05, 0) is 12.2 Å². The lowest BCUT2D eigenvalue weighted by Crippen LogP contribution is -2.24. The highest BCUT2D eigenvalue weighted by Crippen LogP contribution is 2.04. The van der Waals surface area contributed by atoms with Crippen molar-refractivity contribution in [3.63, 3.8) is 0 Å². The van der Waals surface area contributed by atoms with Gasteiger partial charge in [-0.15, -0.1) is 0 Å². The van der Waals surface area contributed by atoms with Crippen molar-refractivity contribution in [2.45, 2.75) is 6.29 Å². The van der Waals surface area contributed by atoms with Crippen molar-refractivity contribution in [1.82, 2.24) is 0 Å². The van der Waals surface area contributed by atoms with E-state index >= 15 is 0 Å². The molecule has 0 fully saturated rings. The maximum atomic E-state index is 10.3. The van der Waals surface area contributed by atoms with Gasteiger partial charge in [0.05, 0.1) is 6.26 Å². The highest BCUT2D eigenvalue weighted by Gasteiger charge is 2.13. The molecular weight excluding hydrogens is 170 g/mol. The van der Waals surface area contributed by atoms with Gasteiger partial charge in [-0.25, -0.2) is 9.32 Å². The Hall–Kier alpha value is -0.850. The van der Waals surface area contributed by atoms with Crippen LogP contribution in [-0.4, -0.2) is 14.7 Å². The first-order valence-corrected chi connectivity index (χ1v) is 4.25. The number of allylic oxidation sites excluding steroid dienone is 2. The second kappa shape index (κ2) is 3.04. The summed E-state index contributed by atoms with van der Waals surface area (Å²) in [5, 5.41) is 4.58. The summed E-state index contributed by atoms with van der Waals surface area (Å²) in [7, 11) is -3.93. The van der Waals surface area contributed by atoms with Crippen LogP contribution in [0.2, 0.25) is 0 Å². The first-order valence-electron chi connectivity index (χ1n) is 2.78. The minimum absolute atomic E-state index is 0.935. The Bertz CT molecular complexity index is 279. The molecule has 1 atom stereocenters. The van der Waals surface area contributed by atoms with Gasteiger partial charge in [0, 0.05) is 0 Å². The number of rotatable bonds is 2. The topological polar surface area (TPSA) is 78.6 Å². The zero-order valence-corrected chi connectivity index (χ0v) is 6.32. The molecule has 1 unspecified atom stereocenters. The molecule has 1 aliphatic heterocycles. The molecule has 0 bridgehead atoms. The number of hydrogen-bond donors (Lipinski definition) is 1. The normalized spacial score (nSPS) is 23.2. The largest absolute Gasteiger partial charge is 0.468 e. The molecule has 1 heterocycles. The van der Waals surface area contributed by atoms with E-state index in [1.807, 2.05) is 0 Å². The Morgan fingerprint density at radius 2 is 2.18 bits per heavy atom. The van der Waals surface area contributed by atoms with Gasteiger partial charge in [0.2, 0.25) is 6.29 Å². The maximum absolute atomic E-state index is 10.3. The summed E-state index contributed by atoms with van der Waals surface area (Å²) < 4.78 is 29.6. The molecule has 0 aliphatic carbocycles. The van der Waals surface area contributed by atoms with Crippen molar-refractivity contribution >= 4 is 10.3 Å². The fourth-order valence-corrected chi connectivity index (χ4v) is 0.929. The Kier molecular flexibility index (Phi) is 2.28. The monoisotopic (exact) mass is 177 g/mol. The van der Waals surface area contributed by atoms with E-state index in [0.29, 0.717) is 0 Å². The van der Waals surface area contributed by atoms with Crippen LogP contribution >= 0.6 is 0 Å². The van der Waals surface area contributed by atoms with Crippen molar-refractivity contribution in [2.24, 2.45) is 5.14 Å². The molecule has 1 aliphatic rings. The van der Waals surface area contributed by atoms with Crippen LogP contribution in [0.4, 0.5) is 0 Å². The van der Waals surface area contributed by atoms with E-state index in [-0.39, 0.29) is 0 Å². The second-order valence-electron chi connectivity index (χ2n) is 1.81. The fourth-order valence-electron chi connectivity index (χ4n) is 0.555. The van der Waals surface area contributed by atoms with Gasteiger partial charge in [0.25, 0.3) is 0 Å². The van der Waals surface area contributed by atoms with Crippen LogP contribution < -0.4 is 5.14 Å². The molecule has 0 saturated carbocycles. The summed E-state index contributed by atoms with van der Waals surface area (Å²) in [6.07, 6.45) is 5.00. The third-order valence-corrected chi connectivity index (χ3v) is 1.36. The van der Waals surface area contributed by atoms with Crippen LogP contribution in [0.5, 0.6) is 0 Å². The molecular formula is C5H7NO4S. The molecule has 0 radical (unpaired) electrons. The van der Waals surface area contributed by atoms with E-state index in [1.54, 1.807) is 12.2 Å². The predicted octanol–water partition coefficient (Wildman–Crippen LogP) is -0.367. The molecule has 0 spiro atoms. The average Bonchev–Trinajstić information content (AvgIpc) is 1.85. The molecule has 0 aromatic rings. The lowest BCUT2D eigenvalue weighted by molar-refractivity contribution is 0.0132. The van der Waals surface area contributed by atoms with Gasteiger partial charge >= 0.3 is 10.3 Å². The van der Waals surface area contributed by atoms with E-state index < -0.39 is 16.6 Å². The number of nitrogens with two attached hydrogens (primary N) is 1. The minimum Gasteiger partial charge on any atom is -0.468 e. The molecule has 62 valence electrons. The molecule has 2 N–H and O–H groups in total. The molecule has 5 nitrogen and oxygen atoms in total. The predicted molar refractivity (Wildman–Crippen MR) is 37.3 cm³/mol. The fraction of sp³-hybridized carbons (Fsp3) is 0.200. The average molecular weight is 177 g/mol. The van der Waals surface area contributed by atoms with Crippen LogP contribution in [0.1, 0.15) is 0 Å². The van der Waals surface area contributed by atoms with Crippen molar-refractivity contribution in [2.75, 3.05) is 0 Å². The lowest BCUT2D eigenvalue weighted by atomic mass is 10.4. The van der Waals surface area contributed by atoms with Gasteiger partial charge in [-0.1, -0.05) is 6.08 Å². The summed E-state index contributed by atoms with van der Waals surface area (Å²) >= 11 is 0. The van der Waals surface area contributed by atoms with E-state index in [0.717, 1.165) is 0 Å². The SMILES string of the molecule is NS(=O)(=O)OC1C=CC=CO1. The maximum Gasteiger partial charge on any atom is 0.336 e. The summed E-state index contributed by atoms with van der Waals surface area (Å²) in [5.41, 5.74) is 0. The Morgan fingerprint density at radius 1 is 1.45 bits per heavy atom. The molecule has 6 heteroatoms. The molecule has 0 amide bonds. The van der Waals surface area contributed by atoms with Crippen LogP contribution in [0.15, 0.2) is 24.5 Å². The highest BCUT2D eigenvalue weighted by atomic mass is 32.2. The summed E-state index contributed by atoms with van der Waals surface area (Å²) in [4.78, 5) is 0. The van der Waals surface area contributed by atoms with E-state index in [2.05, 4.69) is 9.32 Å². The third kappa shape index (κ3) is 3.17. The molecule has 0 aromatic heterocycles. The van der Waals surface area contributed by atoms with Crippen molar-refractivity contribution in [1.29, 1.82) is 0 Å². The van der Waals surface area contributed by atoms with Gasteiger partial charge in [-0.2, -0.15) is 8.42 Å². The highest BCUT2D eigenvalue weighted by molar-refractivity contribution is 7.84. The second-order valence-corrected chi connectivity index (χ2v) is 2.98. The van der Waals surface area contributed by atoms with Crippen molar-refractivity contribution in [3.8, 4) is 0 Å². The standard InChI is InChI=1S/C5H7NO4S/c6-11(7,8)10-5-3-1-2-4-9-5/h1-5H,(H2,6,7,8). The Labute approximate surface area is 64.4 Å². The molecule has 0 saturated heterocycles. The van der Waals surface area contributed by atoms with Gasteiger partial charge in [-0.3, -0.25) is 0 Å². The number of ether oxygens (including phenoxy) is 1. The quantitative estimate of drug-likeness (QED) is 0.624. The third-order valence-electron chi connectivity index (χ3n) is 0.900. The molecule has 0 aromatic carbocycles. The lowest BCUT2D eigenvalue weighted by Gasteiger charge is -2.12. The Morgan fingerprint density at radius 3 is 2.64 bits per heavy atom. The zero-order valence-electron chi connectivity index (χ0n) is 5.51. The van der Waals surface area contributed by atoms with Crippen molar-refractivity contribution in [3.05, 3.63) is 24.5 Å². The van der Waals surface area contributed by atoms with Crippen LogP contribution in [0.25, 0.3) is 0 Å². The minimum atomic E-state index is -3.93. The number of hydrogen-bond acceptors (Lipinski definition) is 4. The van der Waals surface area contributed by atoms with Gasteiger partial charge in [0.15, 0.2) is 0 Å². The summed E-state index contributed by atoms with van der Waals surface area (Å²) in [6.45, 7) is 0. The van der Waals surface area contributed by atoms with Gasteiger partial charge < -0.3 is 4.74 Å². The van der Waals surface area contributed by atoms with Crippen molar-refractivity contribution < 1.29 is 17.3 Å². The summed E-state index contributed by atoms with van der Waals surface area (Å²) in [6, 6.07) is 0. The first-order chi connectivity index (χ1) is 5.08. The van der Waals surface area contributed by atoms with Crippen LogP contribution in [0, 0.1) is 0 Å². The zero-order chi connectivity index (χ0) is 8.32. The smallest absolute Gasteiger partial charge is 0.336 e. The van der Waals surface area contributed by atoms with E-state index in [9.17, 15) is 8.42 Å². The Balaban J connectivity index is 2.52. The van der Waals surface area contributed by atoms with Crippen LogP contribution in [0.3, 0.4) is 0 Å². The summed E-state index contributed by atoms with van der Waals surface area (Å²) in [5.74, 6) is 0. The first kappa shape index (κ1) is 8.25. The van der Waals surface area contributed by atoms with E-state index in [4.69, 9.17) is 4.74 Å². The van der Waals surface area contributed by atoms with E-state index in [1.165, 1.54) is 12.3 Å². The van der Waals surface area contributed by atoms with Gasteiger partial charge in [0.1, 0.15) is 0 Å².